The standard InChI is InChI=1S/C24H29N3OS/c1-6-27(7-2)23-26-21(16-29-23)17-10-14-20(15-11-17)25-22(28)18-8-12-19(13-9-18)24(3,4)5/h8-16H,6-7H2,1-5H3,(H,25,28). The van der Waals surface area contributed by atoms with Gasteiger partial charge < -0.3 is 10.2 Å². The number of thiazole rings is 1. The molecule has 0 saturated carbocycles. The largest absolute Gasteiger partial charge is 0.349 e. The van der Waals surface area contributed by atoms with E-state index < -0.39 is 0 Å². The van der Waals surface area contributed by atoms with Gasteiger partial charge in [-0.2, -0.15) is 0 Å². The smallest absolute Gasteiger partial charge is 0.255 e. The molecule has 0 saturated heterocycles. The number of benzene rings is 2. The van der Waals surface area contributed by atoms with Crippen molar-refractivity contribution in [2.45, 2.75) is 40.0 Å². The predicted molar refractivity (Wildman–Crippen MR) is 124 cm³/mol. The summed E-state index contributed by atoms with van der Waals surface area (Å²) < 4.78 is 0. The van der Waals surface area contributed by atoms with Crippen LogP contribution in [0.4, 0.5) is 10.8 Å². The summed E-state index contributed by atoms with van der Waals surface area (Å²) in [6.07, 6.45) is 0. The number of rotatable bonds is 6. The van der Waals surface area contributed by atoms with Gasteiger partial charge in [0.15, 0.2) is 5.13 Å². The van der Waals surface area contributed by atoms with Crippen LogP contribution in [0.5, 0.6) is 0 Å². The number of hydrogen-bond donors (Lipinski definition) is 1. The maximum Gasteiger partial charge on any atom is 0.255 e. The molecule has 3 rings (SSSR count). The first kappa shape index (κ1) is 21.1. The van der Waals surface area contributed by atoms with Crippen LogP contribution in [0.1, 0.15) is 50.5 Å². The fraction of sp³-hybridized carbons (Fsp3) is 0.333. The Bertz CT molecular complexity index is 949. The van der Waals surface area contributed by atoms with Crippen LogP contribution in [0.25, 0.3) is 11.3 Å². The molecule has 0 aliphatic heterocycles. The minimum absolute atomic E-state index is 0.0751. The quantitative estimate of drug-likeness (QED) is 0.529. The molecular weight excluding hydrogens is 378 g/mol. The lowest BCUT2D eigenvalue weighted by molar-refractivity contribution is 0.102. The second-order valence-electron chi connectivity index (χ2n) is 8.05. The number of carbonyl (C=O) groups excluding carboxylic acids is 1. The number of carbonyl (C=O) groups is 1. The second-order valence-corrected chi connectivity index (χ2v) is 8.88. The third-order valence-electron chi connectivity index (χ3n) is 4.98. The average molecular weight is 408 g/mol. The van der Waals surface area contributed by atoms with Gasteiger partial charge in [-0.25, -0.2) is 4.98 Å². The van der Waals surface area contributed by atoms with E-state index in [1.807, 2.05) is 48.5 Å². The summed E-state index contributed by atoms with van der Waals surface area (Å²) >= 11 is 1.66. The Hall–Kier alpha value is -2.66. The van der Waals surface area contributed by atoms with Crippen molar-refractivity contribution in [3.8, 4) is 11.3 Å². The lowest BCUT2D eigenvalue weighted by Crippen LogP contribution is -2.21. The molecule has 5 heteroatoms. The third kappa shape index (κ3) is 5.04. The summed E-state index contributed by atoms with van der Waals surface area (Å²) in [5.74, 6) is -0.101. The Morgan fingerprint density at radius 1 is 1.00 bits per heavy atom. The van der Waals surface area contributed by atoms with Crippen LogP contribution in [-0.2, 0) is 5.41 Å². The Balaban J connectivity index is 1.68. The highest BCUT2D eigenvalue weighted by Gasteiger charge is 2.14. The lowest BCUT2D eigenvalue weighted by atomic mass is 9.87. The molecule has 1 N–H and O–H groups in total. The summed E-state index contributed by atoms with van der Waals surface area (Å²) in [6, 6.07) is 15.7. The fourth-order valence-electron chi connectivity index (χ4n) is 3.09. The number of aromatic nitrogens is 1. The van der Waals surface area contributed by atoms with E-state index in [1.165, 1.54) is 5.56 Å². The van der Waals surface area contributed by atoms with Crippen molar-refractivity contribution in [1.29, 1.82) is 0 Å². The average Bonchev–Trinajstić information content (AvgIpc) is 3.19. The molecule has 1 aromatic heterocycles. The minimum Gasteiger partial charge on any atom is -0.349 e. The van der Waals surface area contributed by atoms with Crippen molar-refractivity contribution in [3.63, 3.8) is 0 Å². The molecule has 1 heterocycles. The van der Waals surface area contributed by atoms with E-state index in [0.717, 1.165) is 35.2 Å². The van der Waals surface area contributed by atoms with Crippen LogP contribution >= 0.6 is 11.3 Å². The van der Waals surface area contributed by atoms with Crippen LogP contribution in [0.3, 0.4) is 0 Å². The van der Waals surface area contributed by atoms with Crippen molar-refractivity contribution in [2.24, 2.45) is 0 Å². The van der Waals surface area contributed by atoms with Gasteiger partial charge in [-0.05, 0) is 49.1 Å². The fourth-order valence-corrected chi connectivity index (χ4v) is 4.05. The molecule has 1 amide bonds. The molecule has 0 atom stereocenters. The van der Waals surface area contributed by atoms with Crippen LogP contribution in [0.15, 0.2) is 53.9 Å². The molecule has 4 nitrogen and oxygen atoms in total. The molecule has 0 radical (unpaired) electrons. The Labute approximate surface area is 177 Å². The number of amides is 1. The lowest BCUT2D eigenvalue weighted by Gasteiger charge is -2.19. The zero-order valence-electron chi connectivity index (χ0n) is 17.8. The number of anilines is 2. The van der Waals surface area contributed by atoms with Gasteiger partial charge in [0, 0.05) is 35.3 Å². The molecule has 0 unspecified atom stereocenters. The minimum atomic E-state index is -0.101. The molecule has 0 aliphatic rings. The highest BCUT2D eigenvalue weighted by atomic mass is 32.1. The van der Waals surface area contributed by atoms with Gasteiger partial charge in [-0.1, -0.05) is 45.0 Å². The van der Waals surface area contributed by atoms with Gasteiger partial charge in [-0.3, -0.25) is 4.79 Å². The SMILES string of the molecule is CCN(CC)c1nc(-c2ccc(NC(=O)c3ccc(C(C)(C)C)cc3)cc2)cs1. The molecule has 29 heavy (non-hydrogen) atoms. The van der Waals surface area contributed by atoms with Gasteiger partial charge in [0.05, 0.1) is 5.69 Å². The highest BCUT2D eigenvalue weighted by molar-refractivity contribution is 7.14. The molecule has 2 aromatic carbocycles. The van der Waals surface area contributed by atoms with Crippen LogP contribution in [0, 0.1) is 0 Å². The van der Waals surface area contributed by atoms with E-state index in [0.29, 0.717) is 5.56 Å². The maximum atomic E-state index is 12.5. The third-order valence-corrected chi connectivity index (χ3v) is 5.88. The van der Waals surface area contributed by atoms with E-state index in [4.69, 9.17) is 4.98 Å². The number of nitrogens with one attached hydrogen (secondary N) is 1. The zero-order chi connectivity index (χ0) is 21.0. The molecule has 0 bridgehead atoms. The first-order valence-electron chi connectivity index (χ1n) is 10.0. The summed E-state index contributed by atoms with van der Waals surface area (Å²) in [6.45, 7) is 12.7. The molecule has 0 aliphatic carbocycles. The zero-order valence-corrected chi connectivity index (χ0v) is 18.6. The van der Waals surface area contributed by atoms with Crippen molar-refractivity contribution < 1.29 is 4.79 Å². The number of nitrogens with zero attached hydrogens (tertiary/aromatic N) is 2. The topological polar surface area (TPSA) is 45.2 Å². The molecule has 3 aromatic rings. The summed E-state index contributed by atoms with van der Waals surface area (Å²) in [5, 5.41) is 6.10. The van der Waals surface area contributed by atoms with Crippen molar-refractivity contribution >= 4 is 28.1 Å². The normalized spacial score (nSPS) is 11.3. The van der Waals surface area contributed by atoms with E-state index >= 15 is 0 Å². The molecule has 152 valence electrons. The van der Waals surface area contributed by atoms with Crippen molar-refractivity contribution in [2.75, 3.05) is 23.3 Å². The number of hydrogen-bond acceptors (Lipinski definition) is 4. The Morgan fingerprint density at radius 2 is 1.62 bits per heavy atom. The van der Waals surface area contributed by atoms with Crippen LogP contribution in [0.2, 0.25) is 0 Å². The van der Waals surface area contributed by atoms with E-state index in [-0.39, 0.29) is 11.3 Å². The summed E-state index contributed by atoms with van der Waals surface area (Å²) in [7, 11) is 0. The summed E-state index contributed by atoms with van der Waals surface area (Å²) in [5.41, 5.74) is 4.74. The van der Waals surface area contributed by atoms with Gasteiger partial charge in [-0.15, -0.1) is 11.3 Å². The molecular formula is C24H29N3OS. The van der Waals surface area contributed by atoms with Crippen LogP contribution in [-0.4, -0.2) is 24.0 Å². The monoisotopic (exact) mass is 407 g/mol. The van der Waals surface area contributed by atoms with Crippen LogP contribution < -0.4 is 10.2 Å². The van der Waals surface area contributed by atoms with Gasteiger partial charge >= 0.3 is 0 Å². The Morgan fingerprint density at radius 3 is 2.17 bits per heavy atom. The summed E-state index contributed by atoms with van der Waals surface area (Å²) in [4.78, 5) is 19.5. The van der Waals surface area contributed by atoms with E-state index in [2.05, 4.69) is 50.2 Å². The molecule has 0 fully saturated rings. The molecule has 0 spiro atoms. The Kier molecular flexibility index (Phi) is 6.38. The van der Waals surface area contributed by atoms with E-state index in [1.54, 1.807) is 11.3 Å². The van der Waals surface area contributed by atoms with E-state index in [9.17, 15) is 4.79 Å². The first-order valence-corrected chi connectivity index (χ1v) is 10.9. The first-order chi connectivity index (χ1) is 13.8. The predicted octanol–water partition coefficient (Wildman–Crippen LogP) is 6.21. The highest BCUT2D eigenvalue weighted by Crippen LogP contribution is 2.28. The van der Waals surface area contributed by atoms with Gasteiger partial charge in [0.1, 0.15) is 0 Å². The van der Waals surface area contributed by atoms with Crippen molar-refractivity contribution in [1.82, 2.24) is 4.98 Å². The second kappa shape index (κ2) is 8.78. The van der Waals surface area contributed by atoms with Gasteiger partial charge in [0.2, 0.25) is 0 Å². The van der Waals surface area contributed by atoms with Crippen molar-refractivity contribution in [3.05, 3.63) is 65.0 Å². The maximum absolute atomic E-state index is 12.5. The van der Waals surface area contributed by atoms with Gasteiger partial charge in [0.25, 0.3) is 5.91 Å².